The average Bonchev–Trinajstić information content (AvgIpc) is 3.06. The Morgan fingerprint density at radius 1 is 1.20 bits per heavy atom. The van der Waals surface area contributed by atoms with Crippen LogP contribution in [0.2, 0.25) is 10.0 Å². The molecule has 0 fully saturated rings. The van der Waals surface area contributed by atoms with E-state index in [2.05, 4.69) is 16.8 Å². The molecule has 25 heavy (non-hydrogen) atoms. The van der Waals surface area contributed by atoms with E-state index in [4.69, 9.17) is 40.2 Å². The van der Waals surface area contributed by atoms with Crippen molar-refractivity contribution in [3.63, 3.8) is 0 Å². The lowest BCUT2D eigenvalue weighted by Gasteiger charge is -2.28. The predicted octanol–water partition coefficient (Wildman–Crippen LogP) is 4.41. The molecule has 0 saturated heterocycles. The Morgan fingerprint density at radius 2 is 1.92 bits per heavy atom. The van der Waals surface area contributed by atoms with E-state index in [-0.39, 0.29) is 6.04 Å². The summed E-state index contributed by atoms with van der Waals surface area (Å²) in [4.78, 5) is 0. The molecule has 0 radical (unpaired) electrons. The van der Waals surface area contributed by atoms with Crippen LogP contribution in [0.5, 0.6) is 5.75 Å². The SMILES string of the molecule is CNC(=S)N1NC(c2ccc(OC)cc2)=C[C@H]1c1ccc(Cl)cc1Cl. The summed E-state index contributed by atoms with van der Waals surface area (Å²) >= 11 is 17.9. The van der Waals surface area contributed by atoms with Crippen molar-refractivity contribution in [3.8, 4) is 5.75 Å². The number of hydrazine groups is 1. The number of benzene rings is 2. The molecule has 0 aliphatic carbocycles. The van der Waals surface area contributed by atoms with Crippen molar-refractivity contribution in [3.05, 3.63) is 69.7 Å². The second-order valence-corrected chi connectivity index (χ2v) is 6.69. The summed E-state index contributed by atoms with van der Waals surface area (Å²) in [6, 6.07) is 13.1. The lowest BCUT2D eigenvalue weighted by atomic mass is 10.0. The van der Waals surface area contributed by atoms with E-state index in [1.165, 1.54) is 0 Å². The second-order valence-electron chi connectivity index (χ2n) is 5.46. The van der Waals surface area contributed by atoms with Crippen LogP contribution in [-0.4, -0.2) is 24.3 Å². The van der Waals surface area contributed by atoms with Gasteiger partial charge in [0.1, 0.15) is 5.75 Å². The highest BCUT2D eigenvalue weighted by Gasteiger charge is 2.29. The number of hydrogen-bond acceptors (Lipinski definition) is 3. The quantitative estimate of drug-likeness (QED) is 0.755. The summed E-state index contributed by atoms with van der Waals surface area (Å²) in [5.74, 6) is 0.808. The third-order valence-electron chi connectivity index (χ3n) is 3.96. The fourth-order valence-electron chi connectivity index (χ4n) is 2.67. The number of methoxy groups -OCH3 is 1. The van der Waals surface area contributed by atoms with Gasteiger partial charge in [-0.2, -0.15) is 0 Å². The van der Waals surface area contributed by atoms with Gasteiger partial charge >= 0.3 is 0 Å². The minimum atomic E-state index is -0.151. The minimum absolute atomic E-state index is 0.151. The molecule has 4 nitrogen and oxygen atoms in total. The van der Waals surface area contributed by atoms with E-state index in [0.29, 0.717) is 15.2 Å². The van der Waals surface area contributed by atoms with Gasteiger partial charge in [-0.3, -0.25) is 10.4 Å². The van der Waals surface area contributed by atoms with Gasteiger partial charge in [-0.05, 0) is 65.8 Å². The standard InChI is InChI=1S/C18H17Cl2N3OS/c1-21-18(25)23-17(14-8-5-12(19)9-15(14)20)10-16(22-23)11-3-6-13(24-2)7-4-11/h3-10,17,22H,1-2H3,(H,21,25)/t17-/m0/s1. The van der Waals surface area contributed by atoms with Gasteiger partial charge in [0, 0.05) is 17.1 Å². The van der Waals surface area contributed by atoms with Gasteiger partial charge in [-0.1, -0.05) is 29.3 Å². The molecule has 0 amide bonds. The molecule has 0 saturated carbocycles. The first-order valence-electron chi connectivity index (χ1n) is 7.62. The van der Waals surface area contributed by atoms with Crippen LogP contribution in [-0.2, 0) is 0 Å². The van der Waals surface area contributed by atoms with Gasteiger partial charge in [-0.15, -0.1) is 0 Å². The Morgan fingerprint density at radius 3 is 2.52 bits per heavy atom. The fraction of sp³-hybridized carbons (Fsp3) is 0.167. The van der Waals surface area contributed by atoms with E-state index in [9.17, 15) is 0 Å². The van der Waals surface area contributed by atoms with Crippen molar-refractivity contribution in [1.82, 2.24) is 15.8 Å². The van der Waals surface area contributed by atoms with Gasteiger partial charge in [-0.25, -0.2) is 0 Å². The summed E-state index contributed by atoms with van der Waals surface area (Å²) in [5, 5.41) is 6.62. The van der Waals surface area contributed by atoms with Crippen molar-refractivity contribution < 1.29 is 4.74 Å². The highest BCUT2D eigenvalue weighted by Crippen LogP contribution is 2.36. The van der Waals surface area contributed by atoms with Crippen LogP contribution in [0.15, 0.2) is 48.5 Å². The third kappa shape index (κ3) is 3.68. The maximum absolute atomic E-state index is 6.41. The smallest absolute Gasteiger partial charge is 0.188 e. The Kier molecular flexibility index (Phi) is 5.37. The molecule has 0 aromatic heterocycles. The predicted molar refractivity (Wildman–Crippen MR) is 107 cm³/mol. The molecule has 0 unspecified atom stereocenters. The number of hydrogen-bond donors (Lipinski definition) is 2. The van der Waals surface area contributed by atoms with Gasteiger partial charge in [0.15, 0.2) is 5.11 Å². The fourth-order valence-corrected chi connectivity index (χ4v) is 3.35. The topological polar surface area (TPSA) is 36.5 Å². The normalized spacial score (nSPS) is 16.2. The summed E-state index contributed by atoms with van der Waals surface area (Å²) in [6.45, 7) is 0. The lowest BCUT2D eigenvalue weighted by molar-refractivity contribution is 0.339. The monoisotopic (exact) mass is 393 g/mol. The van der Waals surface area contributed by atoms with Crippen molar-refractivity contribution in [2.75, 3.05) is 14.2 Å². The van der Waals surface area contributed by atoms with Crippen molar-refractivity contribution in [2.45, 2.75) is 6.04 Å². The molecular formula is C18H17Cl2N3OS. The number of nitrogens with zero attached hydrogens (tertiary/aromatic N) is 1. The van der Waals surface area contributed by atoms with Crippen molar-refractivity contribution in [2.24, 2.45) is 0 Å². The second kappa shape index (κ2) is 7.52. The molecule has 0 spiro atoms. The van der Waals surface area contributed by atoms with Crippen molar-refractivity contribution in [1.29, 1.82) is 0 Å². The molecule has 1 heterocycles. The zero-order valence-corrected chi connectivity index (χ0v) is 16.0. The average molecular weight is 394 g/mol. The number of halogens is 2. The molecular weight excluding hydrogens is 377 g/mol. The molecule has 1 aliphatic rings. The third-order valence-corrected chi connectivity index (χ3v) is 4.92. The van der Waals surface area contributed by atoms with Crippen LogP contribution in [0.25, 0.3) is 5.70 Å². The molecule has 1 aliphatic heterocycles. The molecule has 7 heteroatoms. The van der Waals surface area contributed by atoms with Crippen LogP contribution in [0, 0.1) is 0 Å². The van der Waals surface area contributed by atoms with Gasteiger partial charge < -0.3 is 10.1 Å². The zero-order valence-electron chi connectivity index (χ0n) is 13.7. The summed E-state index contributed by atoms with van der Waals surface area (Å²) < 4.78 is 5.21. The number of thiocarbonyl (C=S) groups is 1. The van der Waals surface area contributed by atoms with Gasteiger partial charge in [0.25, 0.3) is 0 Å². The number of nitrogens with one attached hydrogen (secondary N) is 2. The van der Waals surface area contributed by atoms with E-state index >= 15 is 0 Å². The molecule has 2 N–H and O–H groups in total. The Hall–Kier alpha value is -1.95. The largest absolute Gasteiger partial charge is 0.497 e. The van der Waals surface area contributed by atoms with Crippen molar-refractivity contribution >= 4 is 46.2 Å². The van der Waals surface area contributed by atoms with E-state index < -0.39 is 0 Å². The number of ether oxygens (including phenoxy) is 1. The summed E-state index contributed by atoms with van der Waals surface area (Å²) in [5.41, 5.74) is 6.23. The maximum atomic E-state index is 6.41. The Balaban J connectivity index is 1.99. The Labute approximate surface area is 162 Å². The number of rotatable bonds is 3. The summed E-state index contributed by atoms with van der Waals surface area (Å²) in [6.07, 6.45) is 2.08. The first-order valence-corrected chi connectivity index (χ1v) is 8.78. The van der Waals surface area contributed by atoms with Crippen LogP contribution in [0.4, 0.5) is 0 Å². The minimum Gasteiger partial charge on any atom is -0.497 e. The van der Waals surface area contributed by atoms with E-state index in [1.807, 2.05) is 41.4 Å². The Bertz CT molecular complexity index is 824. The van der Waals surface area contributed by atoms with Crippen LogP contribution in [0.3, 0.4) is 0 Å². The first-order chi connectivity index (χ1) is 12.0. The van der Waals surface area contributed by atoms with Gasteiger partial charge in [0.05, 0.1) is 18.8 Å². The highest BCUT2D eigenvalue weighted by molar-refractivity contribution is 7.80. The molecule has 2 aromatic rings. The van der Waals surface area contributed by atoms with E-state index in [0.717, 1.165) is 22.6 Å². The molecule has 1 atom stereocenters. The molecule has 2 aromatic carbocycles. The zero-order chi connectivity index (χ0) is 18.0. The summed E-state index contributed by atoms with van der Waals surface area (Å²) in [7, 11) is 3.43. The molecule has 130 valence electrons. The van der Waals surface area contributed by atoms with Gasteiger partial charge in [0.2, 0.25) is 0 Å². The molecule has 0 bridgehead atoms. The van der Waals surface area contributed by atoms with E-state index in [1.54, 1.807) is 20.2 Å². The van der Waals surface area contributed by atoms with Crippen LogP contribution in [0.1, 0.15) is 17.2 Å². The van der Waals surface area contributed by atoms with Crippen LogP contribution >= 0.6 is 35.4 Å². The maximum Gasteiger partial charge on any atom is 0.188 e. The first kappa shape index (κ1) is 17.9. The lowest BCUT2D eigenvalue weighted by Crippen LogP contribution is -2.44. The highest BCUT2D eigenvalue weighted by atomic mass is 35.5. The van der Waals surface area contributed by atoms with Crippen LogP contribution < -0.4 is 15.5 Å². The molecule has 3 rings (SSSR count).